The smallest absolute Gasteiger partial charge is 0.410 e. The van der Waals surface area contributed by atoms with E-state index in [0.717, 1.165) is 36.2 Å². The van der Waals surface area contributed by atoms with Crippen LogP contribution >= 0.6 is 0 Å². The maximum Gasteiger partial charge on any atom is 0.410 e. The number of hydrogen-bond acceptors (Lipinski definition) is 7. The van der Waals surface area contributed by atoms with Crippen LogP contribution in [0.25, 0.3) is 0 Å². The maximum absolute atomic E-state index is 13.0. The molecule has 3 heterocycles. The number of morpholine rings is 1. The molecular formula is C31H44N6O4. The van der Waals surface area contributed by atoms with Gasteiger partial charge in [-0.25, -0.2) is 4.79 Å². The fraction of sp³-hybridized carbons (Fsp3) is 0.516. The van der Waals surface area contributed by atoms with Gasteiger partial charge in [-0.1, -0.05) is 13.5 Å². The molecule has 41 heavy (non-hydrogen) atoms. The second-order valence-electron chi connectivity index (χ2n) is 11.9. The van der Waals surface area contributed by atoms with Crippen LogP contribution in [0.15, 0.2) is 54.0 Å². The molecule has 0 radical (unpaired) electrons. The van der Waals surface area contributed by atoms with Crippen molar-refractivity contribution in [3.8, 4) is 0 Å². The molecule has 222 valence electrons. The number of carbonyl (C=O) groups is 2. The van der Waals surface area contributed by atoms with Gasteiger partial charge in [0.25, 0.3) is 5.91 Å². The number of ether oxygens (including phenoxy) is 2. The van der Waals surface area contributed by atoms with Crippen molar-refractivity contribution in [1.29, 1.82) is 5.41 Å². The summed E-state index contributed by atoms with van der Waals surface area (Å²) in [7, 11) is 0. The van der Waals surface area contributed by atoms with Crippen molar-refractivity contribution in [3.63, 3.8) is 0 Å². The number of carbonyl (C=O) groups excluding carboxylic acids is 2. The van der Waals surface area contributed by atoms with E-state index < -0.39 is 5.60 Å². The summed E-state index contributed by atoms with van der Waals surface area (Å²) in [6.07, 6.45) is 5.83. The molecule has 0 unspecified atom stereocenters. The van der Waals surface area contributed by atoms with E-state index in [1.165, 1.54) is 0 Å². The average molecular weight is 565 g/mol. The average Bonchev–Trinajstić information content (AvgIpc) is 2.92. The highest BCUT2D eigenvalue weighted by molar-refractivity contribution is 6.10. The third-order valence-electron chi connectivity index (χ3n) is 7.80. The summed E-state index contributed by atoms with van der Waals surface area (Å²) in [5.41, 5.74) is 3.50. The summed E-state index contributed by atoms with van der Waals surface area (Å²) in [5.74, 6) is 0.192. The predicted octanol–water partition coefficient (Wildman–Crippen LogP) is 4.51. The minimum Gasteiger partial charge on any atom is -0.444 e. The lowest BCUT2D eigenvalue weighted by Crippen LogP contribution is -2.54. The normalized spacial score (nSPS) is 19.0. The molecule has 0 atom stereocenters. The molecule has 10 nitrogen and oxygen atoms in total. The summed E-state index contributed by atoms with van der Waals surface area (Å²) in [6.45, 7) is 17.3. The van der Waals surface area contributed by atoms with E-state index in [1.54, 1.807) is 4.90 Å². The van der Waals surface area contributed by atoms with E-state index in [2.05, 4.69) is 29.5 Å². The third kappa shape index (κ3) is 7.30. The number of amidine groups is 1. The van der Waals surface area contributed by atoms with Gasteiger partial charge in [0.2, 0.25) is 0 Å². The molecule has 0 bridgehead atoms. The second kappa shape index (κ2) is 12.4. The molecule has 3 aliphatic heterocycles. The van der Waals surface area contributed by atoms with E-state index in [4.69, 9.17) is 14.9 Å². The number of anilines is 1. The fourth-order valence-corrected chi connectivity index (χ4v) is 5.35. The number of likely N-dealkylation sites (tertiary alicyclic amines) is 1. The van der Waals surface area contributed by atoms with Gasteiger partial charge in [-0.2, -0.15) is 0 Å². The fourth-order valence-electron chi connectivity index (χ4n) is 5.35. The van der Waals surface area contributed by atoms with Crippen LogP contribution in [0.1, 0.15) is 62.9 Å². The molecule has 0 aromatic heterocycles. The minimum absolute atomic E-state index is 0.000744. The Morgan fingerprint density at radius 2 is 1.83 bits per heavy atom. The molecule has 2 amide bonds. The molecule has 1 aromatic rings. The molecule has 4 rings (SSSR count). The Kier molecular flexibility index (Phi) is 9.11. The molecule has 0 saturated carbocycles. The zero-order valence-corrected chi connectivity index (χ0v) is 25.0. The molecule has 10 heteroatoms. The van der Waals surface area contributed by atoms with Gasteiger partial charge in [-0.15, -0.1) is 0 Å². The van der Waals surface area contributed by atoms with Gasteiger partial charge in [0.15, 0.2) is 0 Å². The van der Waals surface area contributed by atoms with Crippen LogP contribution in [0.4, 0.5) is 10.5 Å². The first-order valence-electron chi connectivity index (χ1n) is 14.4. The number of piperidine rings is 1. The van der Waals surface area contributed by atoms with Crippen LogP contribution in [0.5, 0.6) is 0 Å². The van der Waals surface area contributed by atoms with Crippen molar-refractivity contribution in [3.05, 3.63) is 65.1 Å². The SMILES string of the molecule is C=C1NC=CC(NC2(CC)CCN(C(=O)OC(C)(C)C)CC2)=C1C(=N)Nc1ccc(C(=O)N2CCOCC2)c(C)c1. The number of rotatable bonds is 6. The van der Waals surface area contributed by atoms with Gasteiger partial charge in [0.1, 0.15) is 11.4 Å². The van der Waals surface area contributed by atoms with Gasteiger partial charge >= 0.3 is 6.09 Å². The Morgan fingerprint density at radius 1 is 1.15 bits per heavy atom. The van der Waals surface area contributed by atoms with Crippen LogP contribution in [-0.4, -0.2) is 78.2 Å². The van der Waals surface area contributed by atoms with Crippen LogP contribution in [0.3, 0.4) is 0 Å². The number of aryl methyl sites for hydroxylation is 1. The largest absolute Gasteiger partial charge is 0.444 e. The number of nitrogens with one attached hydrogen (secondary N) is 4. The van der Waals surface area contributed by atoms with E-state index in [-0.39, 0.29) is 23.4 Å². The molecule has 2 saturated heterocycles. The minimum atomic E-state index is -0.529. The molecule has 3 aliphatic rings. The highest BCUT2D eigenvalue weighted by Crippen LogP contribution is 2.30. The summed E-state index contributed by atoms with van der Waals surface area (Å²) < 4.78 is 10.9. The monoisotopic (exact) mass is 564 g/mol. The van der Waals surface area contributed by atoms with Crippen LogP contribution in [0.2, 0.25) is 0 Å². The zero-order valence-electron chi connectivity index (χ0n) is 25.0. The second-order valence-corrected chi connectivity index (χ2v) is 11.9. The number of amides is 2. The van der Waals surface area contributed by atoms with E-state index in [1.807, 2.05) is 63.1 Å². The van der Waals surface area contributed by atoms with Gasteiger partial charge in [0.05, 0.1) is 18.8 Å². The molecule has 1 aromatic carbocycles. The van der Waals surface area contributed by atoms with Crippen molar-refractivity contribution in [2.75, 3.05) is 44.7 Å². The first kappa shape index (κ1) is 30.2. The van der Waals surface area contributed by atoms with Crippen molar-refractivity contribution < 1.29 is 19.1 Å². The highest BCUT2D eigenvalue weighted by Gasteiger charge is 2.37. The first-order valence-corrected chi connectivity index (χ1v) is 14.4. The van der Waals surface area contributed by atoms with E-state index in [0.29, 0.717) is 56.2 Å². The Hall–Kier alpha value is -3.79. The maximum atomic E-state index is 13.0. The quantitative estimate of drug-likeness (QED) is 0.297. The number of nitrogens with zero attached hydrogens (tertiary/aromatic N) is 2. The van der Waals surface area contributed by atoms with Gasteiger partial charge in [-0.05, 0) is 76.8 Å². The third-order valence-corrected chi connectivity index (χ3v) is 7.80. The molecule has 4 N–H and O–H groups in total. The van der Waals surface area contributed by atoms with Crippen molar-refractivity contribution in [2.24, 2.45) is 0 Å². The topological polar surface area (TPSA) is 119 Å². The number of benzene rings is 1. The lowest BCUT2D eigenvalue weighted by atomic mass is 9.84. The molecular weight excluding hydrogens is 520 g/mol. The number of dihydropyridines is 1. The van der Waals surface area contributed by atoms with Crippen LogP contribution in [0, 0.1) is 12.3 Å². The summed E-state index contributed by atoms with van der Waals surface area (Å²) >= 11 is 0. The summed E-state index contributed by atoms with van der Waals surface area (Å²) in [4.78, 5) is 29.2. The zero-order chi connectivity index (χ0) is 29.8. The Bertz CT molecular complexity index is 1250. The van der Waals surface area contributed by atoms with E-state index in [9.17, 15) is 9.59 Å². The van der Waals surface area contributed by atoms with Crippen LogP contribution < -0.4 is 16.0 Å². The Labute approximate surface area is 243 Å². The van der Waals surface area contributed by atoms with Crippen molar-refractivity contribution >= 4 is 23.5 Å². The predicted molar refractivity (Wildman–Crippen MR) is 161 cm³/mol. The standard InChI is InChI=1S/C31H44N6O4/c1-7-31(11-14-37(15-12-31)29(39)41-30(4,5)6)35-25-10-13-33-22(3)26(25)27(32)34-23-8-9-24(21(2)20-23)28(38)36-16-18-40-19-17-36/h8-10,13,20,33,35H,3,7,11-12,14-19H2,1-2,4-6H3,(H2,32,34). The van der Waals surface area contributed by atoms with Crippen molar-refractivity contribution in [1.82, 2.24) is 20.4 Å². The molecule has 2 fully saturated rings. The Morgan fingerprint density at radius 3 is 2.44 bits per heavy atom. The molecule has 0 spiro atoms. The number of allylic oxidation sites excluding steroid dienone is 1. The summed E-state index contributed by atoms with van der Waals surface area (Å²) in [5, 5.41) is 19.0. The summed E-state index contributed by atoms with van der Waals surface area (Å²) in [6, 6.07) is 5.54. The van der Waals surface area contributed by atoms with Gasteiger partial charge in [-0.3, -0.25) is 10.2 Å². The Balaban J connectivity index is 1.47. The van der Waals surface area contributed by atoms with Gasteiger partial charge < -0.3 is 35.2 Å². The van der Waals surface area contributed by atoms with Crippen molar-refractivity contribution in [2.45, 2.75) is 65.0 Å². The van der Waals surface area contributed by atoms with Crippen LogP contribution in [-0.2, 0) is 9.47 Å². The van der Waals surface area contributed by atoms with Gasteiger partial charge in [0, 0.05) is 60.6 Å². The first-order chi connectivity index (χ1) is 19.4. The molecule has 0 aliphatic carbocycles. The highest BCUT2D eigenvalue weighted by atomic mass is 16.6. The lowest BCUT2D eigenvalue weighted by Gasteiger charge is -2.43. The lowest BCUT2D eigenvalue weighted by molar-refractivity contribution is 0.0150. The van der Waals surface area contributed by atoms with E-state index >= 15 is 0 Å². The number of hydrogen-bond donors (Lipinski definition) is 4.